The van der Waals surface area contributed by atoms with Gasteiger partial charge in [0.25, 0.3) is 9.84 Å². The summed E-state index contributed by atoms with van der Waals surface area (Å²) < 4.78 is 59.6. The lowest BCUT2D eigenvalue weighted by molar-refractivity contribution is -0.0436. The molecule has 0 fully saturated rings. The van der Waals surface area contributed by atoms with Gasteiger partial charge in [0.1, 0.15) is 0 Å². The highest BCUT2D eigenvalue weighted by Gasteiger charge is 2.46. The summed E-state index contributed by atoms with van der Waals surface area (Å²) in [6.07, 6.45) is 0.734. The molecule has 0 amide bonds. The van der Waals surface area contributed by atoms with Gasteiger partial charge in [0.05, 0.1) is 4.90 Å². The molecule has 3 nitrogen and oxygen atoms in total. The molecule has 0 saturated carbocycles. The molecule has 114 valence electrons. The van der Waals surface area contributed by atoms with Crippen molar-refractivity contribution >= 4 is 27.1 Å². The van der Waals surface area contributed by atoms with Crippen molar-refractivity contribution in [2.45, 2.75) is 23.7 Å². The number of nitrogens with zero attached hydrogens (tertiary/aromatic N) is 1. The molecule has 0 atom stereocenters. The fraction of sp³-hybridized carbons (Fsp3) is 0.500. The third kappa shape index (κ3) is 3.79. The van der Waals surface area contributed by atoms with E-state index in [1.54, 1.807) is 0 Å². The first-order chi connectivity index (χ1) is 9.24. The third-order valence-corrected chi connectivity index (χ3v) is 4.53. The van der Waals surface area contributed by atoms with E-state index in [4.69, 9.17) is 11.6 Å². The molecule has 8 heteroatoms. The zero-order chi connectivity index (χ0) is 15.4. The van der Waals surface area contributed by atoms with E-state index in [1.165, 1.54) is 12.1 Å². The molecule has 1 aromatic rings. The number of alkyl halides is 4. The van der Waals surface area contributed by atoms with Gasteiger partial charge in [-0.2, -0.15) is 13.2 Å². The smallest absolute Gasteiger partial charge is 0.372 e. The van der Waals surface area contributed by atoms with Crippen molar-refractivity contribution in [2.75, 3.05) is 23.9 Å². The summed E-state index contributed by atoms with van der Waals surface area (Å²) in [6, 6.07) is 4.69. The quantitative estimate of drug-likeness (QED) is 0.750. The van der Waals surface area contributed by atoms with Crippen LogP contribution in [0, 0.1) is 0 Å². The van der Waals surface area contributed by atoms with Crippen LogP contribution in [0.4, 0.5) is 18.9 Å². The summed E-state index contributed by atoms with van der Waals surface area (Å²) in [5.74, 6) is 0.483. The molecule has 0 N–H and O–H groups in total. The van der Waals surface area contributed by atoms with E-state index in [0.717, 1.165) is 18.6 Å². The van der Waals surface area contributed by atoms with E-state index in [-0.39, 0.29) is 0 Å². The van der Waals surface area contributed by atoms with E-state index in [9.17, 15) is 21.6 Å². The van der Waals surface area contributed by atoms with Gasteiger partial charge in [-0.15, -0.1) is 11.6 Å². The number of anilines is 1. The van der Waals surface area contributed by atoms with Crippen molar-refractivity contribution in [3.05, 3.63) is 24.3 Å². The van der Waals surface area contributed by atoms with E-state index < -0.39 is 20.2 Å². The zero-order valence-corrected chi connectivity index (χ0v) is 12.4. The predicted molar refractivity (Wildman–Crippen MR) is 72.9 cm³/mol. The van der Waals surface area contributed by atoms with Crippen molar-refractivity contribution in [3.63, 3.8) is 0 Å². The second-order valence-corrected chi connectivity index (χ2v) is 6.38. The van der Waals surface area contributed by atoms with Gasteiger partial charge in [-0.05, 0) is 37.6 Å². The van der Waals surface area contributed by atoms with Gasteiger partial charge in [-0.1, -0.05) is 0 Å². The number of hydrogen-bond donors (Lipinski definition) is 0. The molecule has 1 aromatic carbocycles. The fourth-order valence-corrected chi connectivity index (χ4v) is 2.57. The maximum absolute atomic E-state index is 12.4. The molecule has 0 aliphatic heterocycles. The average Bonchev–Trinajstić information content (AvgIpc) is 2.39. The summed E-state index contributed by atoms with van der Waals surface area (Å²) in [6.45, 7) is 3.21. The molecular weight excluding hydrogens is 315 g/mol. The summed E-state index contributed by atoms with van der Waals surface area (Å²) in [5.41, 5.74) is -4.61. The molecular formula is C12H15ClF3NO2S. The minimum atomic E-state index is -5.28. The predicted octanol–water partition coefficient (Wildman–Crippen LogP) is 3.44. The maximum atomic E-state index is 12.4. The van der Waals surface area contributed by atoms with E-state index in [2.05, 4.69) is 0 Å². The van der Waals surface area contributed by atoms with E-state index in [1.807, 2.05) is 11.8 Å². The van der Waals surface area contributed by atoms with Gasteiger partial charge in [0, 0.05) is 24.7 Å². The average molecular weight is 330 g/mol. The summed E-state index contributed by atoms with van der Waals surface area (Å²) in [7, 11) is -5.28. The van der Waals surface area contributed by atoms with Crippen LogP contribution in [-0.2, 0) is 9.84 Å². The Balaban J connectivity index is 2.99. The van der Waals surface area contributed by atoms with Crippen LogP contribution in [0.25, 0.3) is 0 Å². The molecule has 0 bridgehead atoms. The minimum Gasteiger partial charge on any atom is -0.372 e. The SMILES string of the molecule is CCN(CCCCl)c1ccc(S(=O)(=O)C(F)(F)F)cc1. The normalized spacial score (nSPS) is 12.4. The first kappa shape index (κ1) is 17.1. The Morgan fingerprint density at radius 3 is 2.15 bits per heavy atom. The lowest BCUT2D eigenvalue weighted by Crippen LogP contribution is -2.25. The number of hydrogen-bond acceptors (Lipinski definition) is 3. The highest BCUT2D eigenvalue weighted by atomic mass is 35.5. The highest BCUT2D eigenvalue weighted by Crippen LogP contribution is 2.31. The zero-order valence-electron chi connectivity index (χ0n) is 10.8. The van der Waals surface area contributed by atoms with Gasteiger partial charge in [-0.25, -0.2) is 8.42 Å². The number of rotatable bonds is 6. The standard InChI is InChI=1S/C12H15ClF3NO2S/c1-2-17(9-3-8-13)10-4-6-11(7-5-10)20(18,19)12(14,15)16/h4-7H,2-3,8-9H2,1H3. The first-order valence-electron chi connectivity index (χ1n) is 5.96. The van der Waals surface area contributed by atoms with Gasteiger partial charge in [-0.3, -0.25) is 0 Å². The molecule has 0 unspecified atom stereocenters. The lowest BCUT2D eigenvalue weighted by atomic mass is 10.2. The fourth-order valence-electron chi connectivity index (χ4n) is 1.69. The minimum absolute atomic E-state index is 0.483. The number of benzene rings is 1. The number of halogens is 4. The second-order valence-electron chi connectivity index (χ2n) is 4.07. The van der Waals surface area contributed by atoms with Gasteiger partial charge >= 0.3 is 5.51 Å². The molecule has 0 radical (unpaired) electrons. The monoisotopic (exact) mass is 329 g/mol. The Kier molecular flexibility index (Phi) is 5.70. The van der Waals surface area contributed by atoms with Crippen LogP contribution in [-0.4, -0.2) is 32.9 Å². The van der Waals surface area contributed by atoms with Crippen molar-refractivity contribution < 1.29 is 21.6 Å². The van der Waals surface area contributed by atoms with E-state index >= 15 is 0 Å². The molecule has 1 rings (SSSR count). The maximum Gasteiger partial charge on any atom is 0.501 e. The van der Waals surface area contributed by atoms with Crippen LogP contribution in [0.1, 0.15) is 13.3 Å². The van der Waals surface area contributed by atoms with Crippen LogP contribution in [0.15, 0.2) is 29.2 Å². The van der Waals surface area contributed by atoms with E-state index in [0.29, 0.717) is 24.7 Å². The molecule has 0 heterocycles. The molecule has 0 aliphatic carbocycles. The third-order valence-electron chi connectivity index (χ3n) is 2.76. The van der Waals surface area contributed by atoms with Crippen LogP contribution >= 0.6 is 11.6 Å². The summed E-state index contributed by atoms with van der Waals surface area (Å²) in [4.78, 5) is 1.16. The second kappa shape index (κ2) is 6.67. The Morgan fingerprint density at radius 2 is 1.75 bits per heavy atom. The molecule has 0 aliphatic rings. The van der Waals surface area contributed by atoms with Gasteiger partial charge in [0.2, 0.25) is 0 Å². The molecule has 0 spiro atoms. The van der Waals surface area contributed by atoms with Crippen LogP contribution in [0.2, 0.25) is 0 Å². The topological polar surface area (TPSA) is 37.4 Å². The van der Waals surface area contributed by atoms with Crippen LogP contribution in [0.5, 0.6) is 0 Å². The highest BCUT2D eigenvalue weighted by molar-refractivity contribution is 7.92. The molecule has 0 saturated heterocycles. The van der Waals surface area contributed by atoms with Crippen molar-refractivity contribution in [1.82, 2.24) is 0 Å². The summed E-state index contributed by atoms with van der Waals surface area (Å²) in [5, 5.41) is 0. The van der Waals surface area contributed by atoms with Crippen LogP contribution < -0.4 is 4.90 Å². The molecule has 0 aromatic heterocycles. The van der Waals surface area contributed by atoms with Crippen LogP contribution in [0.3, 0.4) is 0 Å². The van der Waals surface area contributed by atoms with Crippen molar-refractivity contribution in [2.24, 2.45) is 0 Å². The summed E-state index contributed by atoms with van der Waals surface area (Å²) >= 11 is 5.59. The van der Waals surface area contributed by atoms with Gasteiger partial charge in [0.15, 0.2) is 0 Å². The van der Waals surface area contributed by atoms with Crippen molar-refractivity contribution in [3.8, 4) is 0 Å². The Bertz CT molecular complexity index is 529. The Hall–Kier alpha value is -0.950. The lowest BCUT2D eigenvalue weighted by Gasteiger charge is -2.23. The van der Waals surface area contributed by atoms with Crippen molar-refractivity contribution in [1.29, 1.82) is 0 Å². The number of sulfone groups is 1. The Morgan fingerprint density at radius 1 is 1.20 bits per heavy atom. The Labute approximate surface area is 121 Å². The largest absolute Gasteiger partial charge is 0.501 e. The first-order valence-corrected chi connectivity index (χ1v) is 7.98. The van der Waals surface area contributed by atoms with Gasteiger partial charge < -0.3 is 4.90 Å². The molecule has 20 heavy (non-hydrogen) atoms.